The summed E-state index contributed by atoms with van der Waals surface area (Å²) in [6.45, 7) is 1.47. The Balaban J connectivity index is 2.80. The summed E-state index contributed by atoms with van der Waals surface area (Å²) in [7, 11) is 0. The van der Waals surface area contributed by atoms with Crippen LogP contribution < -0.4 is 0 Å². The Morgan fingerprint density at radius 2 is 2.00 bits per heavy atom. The number of hydrogen-bond acceptors (Lipinski definition) is 1. The first-order chi connectivity index (χ1) is 1.73. The molecule has 0 aromatic heterocycles. The summed E-state index contributed by atoms with van der Waals surface area (Å²) >= 11 is 2.26. The molecule has 0 atom stereocenters. The van der Waals surface area contributed by atoms with Crippen molar-refractivity contribution in [2.45, 2.75) is 6.92 Å². The first-order valence-corrected chi connectivity index (χ1v) is 1.55. The fourth-order valence-electron chi connectivity index (χ4n) is 0. The van der Waals surface area contributed by atoms with Crippen LogP contribution in [0.5, 0.6) is 0 Å². The molecule has 0 aromatic rings. The van der Waals surface area contributed by atoms with Crippen LogP contribution in [0, 0.1) is 0 Å². The Labute approximate surface area is 33.4 Å². The maximum atomic E-state index is 9.39. The molecule has 0 radical (unpaired) electrons. The molecule has 0 bridgehead atoms. The molecule has 0 heterocycles. The molecule has 0 aliphatic heterocycles. The first-order valence-electron chi connectivity index (χ1n) is 0.908. The topological polar surface area (TPSA) is 17.1 Å². The van der Waals surface area contributed by atoms with Gasteiger partial charge >= 0.3 is 32.7 Å². The predicted octanol–water partition coefficient (Wildman–Crippen LogP) is 0.0797. The van der Waals surface area contributed by atoms with Gasteiger partial charge in [0.25, 0.3) is 0 Å². The van der Waals surface area contributed by atoms with Gasteiger partial charge in [0.2, 0.25) is 0 Å². The van der Waals surface area contributed by atoms with Crippen molar-refractivity contribution in [1.82, 2.24) is 0 Å². The minimum atomic E-state index is 0.0417. The summed E-state index contributed by atoms with van der Waals surface area (Å²) in [5, 5.41) is 0. The van der Waals surface area contributed by atoms with Crippen LogP contribution >= 0.6 is 0 Å². The molecule has 0 saturated heterocycles. The molecule has 4 heavy (non-hydrogen) atoms. The zero-order chi connectivity index (χ0) is 3.58. The quantitative estimate of drug-likeness (QED) is 0.416. The average molecular weight is 95.0 g/mol. The Morgan fingerprint density at radius 3 is 2.00 bits per heavy atom. The molecule has 0 aliphatic carbocycles. The molecule has 0 N–H and O–H groups in total. The average Bonchev–Trinajstić information content (AvgIpc) is 0.811. The summed E-state index contributed by atoms with van der Waals surface area (Å²) in [6.07, 6.45) is 0. The van der Waals surface area contributed by atoms with Crippen molar-refractivity contribution >= 4 is 4.65 Å². The van der Waals surface area contributed by atoms with Crippen LogP contribution in [0.3, 0.4) is 0 Å². The van der Waals surface area contributed by atoms with E-state index < -0.39 is 0 Å². The van der Waals surface area contributed by atoms with E-state index in [-0.39, 0.29) is 4.65 Å². The van der Waals surface area contributed by atoms with Crippen molar-refractivity contribution in [2.75, 3.05) is 0 Å². The molecule has 0 unspecified atom stereocenters. The van der Waals surface area contributed by atoms with Gasteiger partial charge < -0.3 is 0 Å². The molecular formula is C2H3CrO. The Kier molecular flexibility index (Phi) is 1.59. The molecule has 1 nitrogen and oxygen atoms in total. The summed E-state index contributed by atoms with van der Waals surface area (Å²) in [4.78, 5) is 9.39. The summed E-state index contributed by atoms with van der Waals surface area (Å²) in [5.41, 5.74) is 0. The van der Waals surface area contributed by atoms with Crippen LogP contribution in [0.4, 0.5) is 0 Å². The molecule has 0 rings (SSSR count). The van der Waals surface area contributed by atoms with Crippen molar-refractivity contribution in [3.05, 3.63) is 0 Å². The molecule has 0 amide bonds. The van der Waals surface area contributed by atoms with Crippen LogP contribution in [0.1, 0.15) is 6.92 Å². The molecular weight excluding hydrogens is 92.0 g/mol. The zero-order valence-electron chi connectivity index (χ0n) is 2.32. The van der Waals surface area contributed by atoms with E-state index in [1.54, 1.807) is 0 Å². The molecule has 0 fully saturated rings. The monoisotopic (exact) mass is 95.0 g/mol. The van der Waals surface area contributed by atoms with Crippen molar-refractivity contribution in [1.29, 1.82) is 0 Å². The van der Waals surface area contributed by atoms with Crippen LogP contribution in [0.25, 0.3) is 0 Å². The SMILES string of the molecule is C[C](=O)[Cr]. The second-order valence-electron chi connectivity index (χ2n) is 0.492. The zero-order valence-corrected chi connectivity index (χ0v) is 3.59. The van der Waals surface area contributed by atoms with Gasteiger partial charge in [0.1, 0.15) is 0 Å². The van der Waals surface area contributed by atoms with Gasteiger partial charge in [0.05, 0.1) is 0 Å². The number of hydrogen-bond donors (Lipinski definition) is 0. The van der Waals surface area contributed by atoms with Crippen LogP contribution in [-0.4, -0.2) is 4.65 Å². The number of carbonyl (C=O) groups excluding carboxylic acids is 1. The predicted molar refractivity (Wildman–Crippen MR) is 10.7 cm³/mol. The third kappa shape index (κ3) is 77.7. The third-order valence-corrected chi connectivity index (χ3v) is 0. The number of carbonyl (C=O) groups is 1. The van der Waals surface area contributed by atoms with Crippen LogP contribution in [-0.2, 0) is 21.1 Å². The molecule has 0 aliphatic rings. The van der Waals surface area contributed by atoms with Gasteiger partial charge in [0.15, 0.2) is 0 Å². The summed E-state index contributed by atoms with van der Waals surface area (Å²) < 4.78 is 0.0417. The summed E-state index contributed by atoms with van der Waals surface area (Å²) in [5.74, 6) is 0. The van der Waals surface area contributed by atoms with Gasteiger partial charge in [-0.25, -0.2) is 0 Å². The molecule has 0 saturated carbocycles. The molecule has 0 spiro atoms. The third-order valence-electron chi connectivity index (χ3n) is 0. The van der Waals surface area contributed by atoms with Gasteiger partial charge in [-0.1, -0.05) is 0 Å². The van der Waals surface area contributed by atoms with E-state index in [0.29, 0.717) is 0 Å². The van der Waals surface area contributed by atoms with Crippen molar-refractivity contribution in [2.24, 2.45) is 0 Å². The molecule has 2 heteroatoms. The van der Waals surface area contributed by atoms with Crippen LogP contribution in [0.2, 0.25) is 0 Å². The summed E-state index contributed by atoms with van der Waals surface area (Å²) in [6, 6.07) is 0. The van der Waals surface area contributed by atoms with E-state index in [0.717, 1.165) is 0 Å². The van der Waals surface area contributed by atoms with E-state index in [2.05, 4.69) is 16.3 Å². The van der Waals surface area contributed by atoms with E-state index in [1.807, 2.05) is 0 Å². The van der Waals surface area contributed by atoms with Gasteiger partial charge in [-0.2, -0.15) is 0 Å². The Morgan fingerprint density at radius 1 is 2.00 bits per heavy atom. The second-order valence-corrected chi connectivity index (χ2v) is 1.39. The number of rotatable bonds is 0. The normalized spacial score (nSPS) is 6.25. The fraction of sp³-hybridized carbons (Fsp3) is 0.500. The molecule has 0 aromatic carbocycles. The van der Waals surface area contributed by atoms with Gasteiger partial charge in [0, 0.05) is 0 Å². The standard InChI is InChI=1S/C2H3O.Cr/c1-2-3;/h1H3;. The van der Waals surface area contributed by atoms with Crippen LogP contribution in [0.15, 0.2) is 0 Å². The van der Waals surface area contributed by atoms with Crippen molar-refractivity contribution in [3.8, 4) is 0 Å². The van der Waals surface area contributed by atoms with E-state index in [1.165, 1.54) is 6.92 Å². The van der Waals surface area contributed by atoms with E-state index >= 15 is 0 Å². The Bertz CT molecular complexity index is 29.0. The van der Waals surface area contributed by atoms with E-state index in [9.17, 15) is 4.79 Å². The Hall–Kier alpha value is 0.202. The van der Waals surface area contributed by atoms with Gasteiger partial charge in [-0.05, 0) is 0 Å². The minimum absolute atomic E-state index is 0.0417. The first kappa shape index (κ1) is 4.20. The van der Waals surface area contributed by atoms with Crippen molar-refractivity contribution < 1.29 is 21.1 Å². The van der Waals surface area contributed by atoms with E-state index in [4.69, 9.17) is 0 Å². The van der Waals surface area contributed by atoms with Gasteiger partial charge in [-0.3, -0.25) is 0 Å². The maximum absolute atomic E-state index is 9.39. The second kappa shape index (κ2) is 1.51. The van der Waals surface area contributed by atoms with Gasteiger partial charge in [-0.15, -0.1) is 0 Å². The van der Waals surface area contributed by atoms with Crippen molar-refractivity contribution in [3.63, 3.8) is 0 Å². The fourth-order valence-corrected chi connectivity index (χ4v) is 0. The molecule has 23 valence electrons.